The van der Waals surface area contributed by atoms with E-state index in [1.54, 1.807) is 7.11 Å². The molecule has 94 valence electrons. The van der Waals surface area contributed by atoms with Crippen molar-refractivity contribution in [3.05, 3.63) is 28.8 Å². The van der Waals surface area contributed by atoms with Crippen molar-refractivity contribution in [1.29, 1.82) is 0 Å². The van der Waals surface area contributed by atoms with Crippen molar-refractivity contribution in [2.45, 2.75) is 44.8 Å². The van der Waals surface area contributed by atoms with Crippen LogP contribution in [0.1, 0.15) is 36.0 Å². The van der Waals surface area contributed by atoms with Gasteiger partial charge in [0.25, 0.3) is 0 Å². The molecule has 0 bridgehead atoms. The molecule has 2 N–H and O–H groups in total. The summed E-state index contributed by atoms with van der Waals surface area (Å²) in [4.78, 5) is 0. The molecular formula is C14H20FNO. The van der Waals surface area contributed by atoms with E-state index in [2.05, 4.69) is 0 Å². The zero-order valence-electron chi connectivity index (χ0n) is 10.7. The van der Waals surface area contributed by atoms with Crippen LogP contribution in [0.5, 0.6) is 5.75 Å². The fourth-order valence-corrected chi connectivity index (χ4v) is 2.77. The van der Waals surface area contributed by atoms with Crippen molar-refractivity contribution in [2.24, 2.45) is 5.73 Å². The second-order valence-corrected chi connectivity index (χ2v) is 5.10. The third-order valence-electron chi connectivity index (χ3n) is 3.72. The van der Waals surface area contributed by atoms with Crippen LogP contribution in [0, 0.1) is 13.8 Å². The number of rotatable bonds is 2. The molecule has 1 aromatic rings. The maximum atomic E-state index is 14.9. The Morgan fingerprint density at radius 1 is 1.35 bits per heavy atom. The van der Waals surface area contributed by atoms with Crippen LogP contribution >= 0.6 is 0 Å². The zero-order valence-corrected chi connectivity index (χ0v) is 10.7. The number of aryl methyl sites for hydroxylation is 2. The van der Waals surface area contributed by atoms with E-state index >= 15 is 0 Å². The largest absolute Gasteiger partial charge is 0.496 e. The van der Waals surface area contributed by atoms with Gasteiger partial charge in [0, 0.05) is 12.5 Å². The average Bonchev–Trinajstić information content (AvgIpc) is 2.62. The molecule has 1 aliphatic carbocycles. The summed E-state index contributed by atoms with van der Waals surface area (Å²) < 4.78 is 20.1. The Labute approximate surface area is 102 Å². The number of methoxy groups -OCH3 is 1. The number of hydrogen-bond acceptors (Lipinski definition) is 2. The average molecular weight is 237 g/mol. The highest BCUT2D eigenvalue weighted by atomic mass is 19.1. The number of alkyl halides is 1. The summed E-state index contributed by atoms with van der Waals surface area (Å²) in [7, 11) is 1.64. The third-order valence-corrected chi connectivity index (χ3v) is 3.72. The standard InChI is InChI=1S/C14H20FNO/c1-9-7-13(17-3)10(2)6-12(9)14(15)5-4-11(16)8-14/h6-7,11H,4-5,8,16H2,1-3H3. The maximum absolute atomic E-state index is 14.9. The SMILES string of the molecule is COc1cc(C)c(C2(F)CCC(N)C2)cc1C. The van der Waals surface area contributed by atoms with Gasteiger partial charge in [-0.05, 0) is 55.5 Å². The summed E-state index contributed by atoms with van der Waals surface area (Å²) in [5.74, 6) is 0.817. The van der Waals surface area contributed by atoms with Gasteiger partial charge >= 0.3 is 0 Å². The quantitative estimate of drug-likeness (QED) is 0.858. The number of halogens is 1. The van der Waals surface area contributed by atoms with Gasteiger partial charge in [-0.1, -0.05) is 0 Å². The lowest BCUT2D eigenvalue weighted by Gasteiger charge is -2.23. The van der Waals surface area contributed by atoms with Crippen LogP contribution in [0.4, 0.5) is 4.39 Å². The van der Waals surface area contributed by atoms with Crippen LogP contribution in [0.15, 0.2) is 12.1 Å². The van der Waals surface area contributed by atoms with Crippen molar-refractivity contribution >= 4 is 0 Å². The monoisotopic (exact) mass is 237 g/mol. The van der Waals surface area contributed by atoms with E-state index < -0.39 is 5.67 Å². The van der Waals surface area contributed by atoms with Crippen LogP contribution in [-0.2, 0) is 5.67 Å². The molecular weight excluding hydrogens is 217 g/mol. The van der Waals surface area contributed by atoms with Gasteiger partial charge in [-0.2, -0.15) is 0 Å². The molecule has 1 aliphatic rings. The molecule has 0 spiro atoms. The number of nitrogens with two attached hydrogens (primary N) is 1. The van der Waals surface area contributed by atoms with E-state index in [0.717, 1.165) is 28.9 Å². The molecule has 3 heteroatoms. The molecule has 0 amide bonds. The first kappa shape index (κ1) is 12.4. The molecule has 1 saturated carbocycles. The van der Waals surface area contributed by atoms with Gasteiger partial charge in [0.2, 0.25) is 0 Å². The van der Waals surface area contributed by atoms with Crippen molar-refractivity contribution < 1.29 is 9.13 Å². The van der Waals surface area contributed by atoms with E-state index in [9.17, 15) is 4.39 Å². The minimum Gasteiger partial charge on any atom is -0.496 e. The van der Waals surface area contributed by atoms with Gasteiger partial charge in [-0.25, -0.2) is 4.39 Å². The van der Waals surface area contributed by atoms with Gasteiger partial charge in [-0.3, -0.25) is 0 Å². The van der Waals surface area contributed by atoms with E-state index in [1.165, 1.54) is 0 Å². The molecule has 2 atom stereocenters. The minimum atomic E-state index is -1.25. The Hall–Kier alpha value is -1.09. The highest BCUT2D eigenvalue weighted by molar-refractivity contribution is 5.44. The van der Waals surface area contributed by atoms with E-state index in [4.69, 9.17) is 10.5 Å². The smallest absolute Gasteiger partial charge is 0.137 e. The summed E-state index contributed by atoms with van der Waals surface area (Å²) in [5, 5.41) is 0. The summed E-state index contributed by atoms with van der Waals surface area (Å²) in [6.07, 6.45) is 1.72. The van der Waals surface area contributed by atoms with Crippen LogP contribution in [-0.4, -0.2) is 13.2 Å². The molecule has 17 heavy (non-hydrogen) atoms. The molecule has 2 rings (SSSR count). The fraction of sp³-hybridized carbons (Fsp3) is 0.571. The van der Waals surface area contributed by atoms with Crippen LogP contribution < -0.4 is 10.5 Å². The molecule has 1 fully saturated rings. The number of ether oxygens (including phenoxy) is 1. The topological polar surface area (TPSA) is 35.2 Å². The highest BCUT2D eigenvalue weighted by Crippen LogP contribution is 2.44. The predicted molar refractivity (Wildman–Crippen MR) is 67.1 cm³/mol. The predicted octanol–water partition coefficient (Wildman–Crippen LogP) is 2.99. The van der Waals surface area contributed by atoms with Gasteiger partial charge < -0.3 is 10.5 Å². The first-order valence-electron chi connectivity index (χ1n) is 6.06. The number of hydrogen-bond donors (Lipinski definition) is 1. The fourth-order valence-electron chi connectivity index (χ4n) is 2.77. The van der Waals surface area contributed by atoms with Gasteiger partial charge in [0.15, 0.2) is 0 Å². The lowest BCUT2D eigenvalue weighted by atomic mass is 9.88. The number of benzene rings is 1. The Morgan fingerprint density at radius 2 is 2.06 bits per heavy atom. The molecule has 2 unspecified atom stereocenters. The summed E-state index contributed by atoms with van der Waals surface area (Å²) in [6.45, 7) is 3.88. The van der Waals surface area contributed by atoms with Crippen molar-refractivity contribution in [3.8, 4) is 5.75 Å². The zero-order chi connectivity index (χ0) is 12.6. The molecule has 0 aliphatic heterocycles. The van der Waals surface area contributed by atoms with E-state index in [0.29, 0.717) is 12.8 Å². The van der Waals surface area contributed by atoms with Crippen LogP contribution in [0.3, 0.4) is 0 Å². The Kier molecular flexibility index (Phi) is 3.13. The lowest BCUT2D eigenvalue weighted by Crippen LogP contribution is -2.22. The van der Waals surface area contributed by atoms with Crippen LogP contribution in [0.25, 0.3) is 0 Å². The van der Waals surface area contributed by atoms with Crippen LogP contribution in [0.2, 0.25) is 0 Å². The highest BCUT2D eigenvalue weighted by Gasteiger charge is 2.40. The maximum Gasteiger partial charge on any atom is 0.137 e. The van der Waals surface area contributed by atoms with Crippen molar-refractivity contribution in [3.63, 3.8) is 0 Å². The Balaban J connectivity index is 2.42. The minimum absolute atomic E-state index is 0.0122. The summed E-state index contributed by atoms with van der Waals surface area (Å²) >= 11 is 0. The lowest BCUT2D eigenvalue weighted by molar-refractivity contribution is 0.171. The van der Waals surface area contributed by atoms with Gasteiger partial charge in [-0.15, -0.1) is 0 Å². The molecule has 1 aromatic carbocycles. The molecule has 0 heterocycles. The molecule has 0 radical (unpaired) electrons. The molecule has 0 saturated heterocycles. The summed E-state index contributed by atoms with van der Waals surface area (Å²) in [6, 6.07) is 3.81. The van der Waals surface area contributed by atoms with E-state index in [1.807, 2.05) is 26.0 Å². The molecule has 2 nitrogen and oxygen atoms in total. The van der Waals surface area contributed by atoms with E-state index in [-0.39, 0.29) is 6.04 Å². The Morgan fingerprint density at radius 3 is 2.59 bits per heavy atom. The van der Waals surface area contributed by atoms with Crippen molar-refractivity contribution in [2.75, 3.05) is 7.11 Å². The van der Waals surface area contributed by atoms with Gasteiger partial charge in [0.1, 0.15) is 11.4 Å². The third kappa shape index (κ3) is 2.16. The summed E-state index contributed by atoms with van der Waals surface area (Å²) in [5.41, 5.74) is 7.28. The Bertz CT molecular complexity index is 432. The van der Waals surface area contributed by atoms with Gasteiger partial charge in [0.05, 0.1) is 7.11 Å². The second-order valence-electron chi connectivity index (χ2n) is 5.10. The first-order chi connectivity index (χ1) is 7.96. The normalized spacial score (nSPS) is 28.4. The second kappa shape index (κ2) is 4.30. The molecule has 0 aromatic heterocycles. The first-order valence-corrected chi connectivity index (χ1v) is 6.06. The van der Waals surface area contributed by atoms with Crippen molar-refractivity contribution in [1.82, 2.24) is 0 Å².